The summed E-state index contributed by atoms with van der Waals surface area (Å²) < 4.78 is 0. The van der Waals surface area contributed by atoms with Gasteiger partial charge in [0.05, 0.1) is 12.6 Å². The normalized spacial score (nSPS) is 18.7. The van der Waals surface area contributed by atoms with Gasteiger partial charge in [0.2, 0.25) is 0 Å². The van der Waals surface area contributed by atoms with Crippen LogP contribution in [0, 0.1) is 6.92 Å². The summed E-state index contributed by atoms with van der Waals surface area (Å²) in [5.41, 5.74) is 3.68. The van der Waals surface area contributed by atoms with E-state index < -0.39 is 0 Å². The van der Waals surface area contributed by atoms with Crippen molar-refractivity contribution >= 4 is 11.6 Å². The van der Waals surface area contributed by atoms with Crippen molar-refractivity contribution in [2.24, 2.45) is 4.99 Å². The van der Waals surface area contributed by atoms with Gasteiger partial charge in [-0.25, -0.2) is 4.99 Å². The first kappa shape index (κ1) is 16.6. The van der Waals surface area contributed by atoms with Crippen LogP contribution < -0.4 is 10.2 Å². The van der Waals surface area contributed by atoms with Crippen LogP contribution in [0.3, 0.4) is 0 Å². The van der Waals surface area contributed by atoms with E-state index in [0.717, 1.165) is 25.5 Å². The zero-order valence-corrected chi connectivity index (χ0v) is 14.1. The zero-order valence-electron chi connectivity index (χ0n) is 14.1. The van der Waals surface area contributed by atoms with Gasteiger partial charge in [-0.1, -0.05) is 12.1 Å². The number of benzene rings is 1. The second-order valence-corrected chi connectivity index (χ2v) is 6.09. The first-order valence-corrected chi connectivity index (χ1v) is 7.99. The zero-order chi connectivity index (χ0) is 16.1. The Hall–Kier alpha value is -1.75. The third-order valence-electron chi connectivity index (χ3n) is 3.92. The van der Waals surface area contributed by atoms with Crippen molar-refractivity contribution in [1.82, 2.24) is 10.2 Å². The molecule has 0 aliphatic carbocycles. The van der Waals surface area contributed by atoms with Crippen LogP contribution in [0.25, 0.3) is 0 Å². The number of nitrogens with one attached hydrogen (secondary N) is 1. The van der Waals surface area contributed by atoms with E-state index in [9.17, 15) is 5.11 Å². The minimum absolute atomic E-state index is 0.236. The molecule has 1 fully saturated rings. The minimum atomic E-state index is -0.236. The maximum Gasteiger partial charge on any atom is 0.194 e. The Labute approximate surface area is 133 Å². The van der Waals surface area contributed by atoms with Crippen LogP contribution in [0.2, 0.25) is 0 Å². The molecule has 0 saturated carbocycles. The third kappa shape index (κ3) is 4.13. The second kappa shape index (κ2) is 7.49. The van der Waals surface area contributed by atoms with Gasteiger partial charge in [-0.05, 0) is 37.5 Å². The van der Waals surface area contributed by atoms with E-state index >= 15 is 0 Å². The molecule has 5 heteroatoms. The molecule has 1 aliphatic rings. The average Bonchev–Trinajstić information content (AvgIpc) is 2.90. The lowest BCUT2D eigenvalue weighted by Crippen LogP contribution is -2.40. The van der Waals surface area contributed by atoms with Gasteiger partial charge >= 0.3 is 0 Å². The summed E-state index contributed by atoms with van der Waals surface area (Å²) in [6, 6.07) is 6.47. The van der Waals surface area contributed by atoms with E-state index in [2.05, 4.69) is 61.3 Å². The Bertz CT molecular complexity index is 527. The molecule has 1 saturated heterocycles. The number of aliphatic hydroxyl groups is 1. The Morgan fingerprint density at radius 2 is 2.23 bits per heavy atom. The van der Waals surface area contributed by atoms with Crippen LogP contribution in [0.15, 0.2) is 23.2 Å². The van der Waals surface area contributed by atoms with Crippen molar-refractivity contribution < 1.29 is 5.11 Å². The second-order valence-electron chi connectivity index (χ2n) is 6.09. The topological polar surface area (TPSA) is 51.1 Å². The van der Waals surface area contributed by atoms with Gasteiger partial charge in [0, 0.05) is 39.4 Å². The Kier molecular flexibility index (Phi) is 5.66. The van der Waals surface area contributed by atoms with Gasteiger partial charge in [0.25, 0.3) is 0 Å². The molecule has 0 amide bonds. The van der Waals surface area contributed by atoms with Crippen LogP contribution in [-0.2, 0) is 6.54 Å². The van der Waals surface area contributed by atoms with Crippen LogP contribution in [-0.4, -0.2) is 55.8 Å². The molecule has 0 bridgehead atoms. The maximum atomic E-state index is 9.72. The molecule has 122 valence electrons. The van der Waals surface area contributed by atoms with Crippen molar-refractivity contribution in [2.45, 2.75) is 32.9 Å². The van der Waals surface area contributed by atoms with Crippen molar-refractivity contribution in [3.63, 3.8) is 0 Å². The fourth-order valence-corrected chi connectivity index (χ4v) is 2.74. The van der Waals surface area contributed by atoms with Gasteiger partial charge in [0.1, 0.15) is 0 Å². The molecule has 0 radical (unpaired) electrons. The first-order chi connectivity index (χ1) is 10.5. The van der Waals surface area contributed by atoms with E-state index in [4.69, 9.17) is 4.99 Å². The van der Waals surface area contributed by atoms with Gasteiger partial charge in [0.15, 0.2) is 5.96 Å². The van der Waals surface area contributed by atoms with Gasteiger partial charge < -0.3 is 20.2 Å². The number of aliphatic hydroxyl groups excluding tert-OH is 1. The number of β-amino-alcohol motifs (C(OH)–C–C–N with tert-alkyl or cyclic N) is 1. The van der Waals surface area contributed by atoms with Crippen LogP contribution in [0.1, 0.15) is 24.5 Å². The summed E-state index contributed by atoms with van der Waals surface area (Å²) >= 11 is 0. The predicted molar refractivity (Wildman–Crippen MR) is 92.5 cm³/mol. The van der Waals surface area contributed by atoms with Gasteiger partial charge in [-0.15, -0.1) is 0 Å². The Morgan fingerprint density at radius 1 is 1.45 bits per heavy atom. The molecular formula is C17H28N4O. The monoisotopic (exact) mass is 304 g/mol. The summed E-state index contributed by atoms with van der Waals surface area (Å²) in [4.78, 5) is 9.03. The SMILES string of the molecule is CCNC(=NCc1ccc(C)cc1N(C)C)N1CC[C@@H](O)C1. The molecule has 22 heavy (non-hydrogen) atoms. The highest BCUT2D eigenvalue weighted by atomic mass is 16.3. The maximum absolute atomic E-state index is 9.72. The Balaban J connectivity index is 2.17. The van der Waals surface area contributed by atoms with Crippen molar-refractivity contribution in [1.29, 1.82) is 0 Å². The van der Waals surface area contributed by atoms with Crippen LogP contribution >= 0.6 is 0 Å². The van der Waals surface area contributed by atoms with Gasteiger partial charge in [-0.3, -0.25) is 0 Å². The summed E-state index contributed by atoms with van der Waals surface area (Å²) in [6.45, 7) is 7.18. The molecule has 1 atom stereocenters. The third-order valence-corrected chi connectivity index (χ3v) is 3.92. The lowest BCUT2D eigenvalue weighted by atomic mass is 10.1. The molecule has 0 unspecified atom stereocenters. The van der Waals surface area contributed by atoms with Crippen LogP contribution in [0.4, 0.5) is 5.69 Å². The van der Waals surface area contributed by atoms with E-state index in [1.807, 2.05) is 0 Å². The van der Waals surface area contributed by atoms with E-state index in [-0.39, 0.29) is 6.10 Å². The average molecular weight is 304 g/mol. The molecule has 1 aliphatic heterocycles. The largest absolute Gasteiger partial charge is 0.391 e. The lowest BCUT2D eigenvalue weighted by Gasteiger charge is -2.22. The summed E-state index contributed by atoms with van der Waals surface area (Å²) in [5, 5.41) is 13.0. The number of hydrogen-bond acceptors (Lipinski definition) is 3. The summed E-state index contributed by atoms with van der Waals surface area (Å²) in [7, 11) is 4.12. The molecule has 2 rings (SSSR count). The number of nitrogens with zero attached hydrogens (tertiary/aromatic N) is 3. The number of aliphatic imine (C=N–C) groups is 1. The molecule has 1 aromatic carbocycles. The number of guanidine groups is 1. The number of hydrogen-bond donors (Lipinski definition) is 2. The minimum Gasteiger partial charge on any atom is -0.391 e. The summed E-state index contributed by atoms with van der Waals surface area (Å²) in [5.74, 6) is 0.893. The molecule has 0 aromatic heterocycles. The first-order valence-electron chi connectivity index (χ1n) is 7.99. The van der Waals surface area contributed by atoms with Crippen LogP contribution in [0.5, 0.6) is 0 Å². The highest BCUT2D eigenvalue weighted by Gasteiger charge is 2.22. The Morgan fingerprint density at radius 3 is 2.82 bits per heavy atom. The lowest BCUT2D eigenvalue weighted by molar-refractivity contribution is 0.188. The van der Waals surface area contributed by atoms with Gasteiger partial charge in [-0.2, -0.15) is 0 Å². The molecular weight excluding hydrogens is 276 g/mol. The highest BCUT2D eigenvalue weighted by molar-refractivity contribution is 5.80. The van der Waals surface area contributed by atoms with Crippen molar-refractivity contribution in [3.05, 3.63) is 29.3 Å². The number of likely N-dealkylation sites (tertiary alicyclic amines) is 1. The fourth-order valence-electron chi connectivity index (χ4n) is 2.74. The highest BCUT2D eigenvalue weighted by Crippen LogP contribution is 2.21. The van der Waals surface area contributed by atoms with E-state index in [1.165, 1.54) is 16.8 Å². The van der Waals surface area contributed by atoms with Crippen molar-refractivity contribution in [3.8, 4) is 0 Å². The number of rotatable bonds is 4. The molecule has 0 spiro atoms. The predicted octanol–water partition coefficient (Wildman–Crippen LogP) is 1.59. The quantitative estimate of drug-likeness (QED) is 0.655. The van der Waals surface area contributed by atoms with E-state index in [0.29, 0.717) is 13.1 Å². The number of anilines is 1. The van der Waals surface area contributed by atoms with E-state index in [1.54, 1.807) is 0 Å². The fraction of sp³-hybridized carbons (Fsp3) is 0.588. The molecule has 2 N–H and O–H groups in total. The standard InChI is InChI=1S/C17H28N4O/c1-5-18-17(21-9-8-15(22)12-21)19-11-14-7-6-13(2)10-16(14)20(3)4/h6-7,10,15,22H,5,8-9,11-12H2,1-4H3,(H,18,19)/t15-/m1/s1. The number of aryl methyl sites for hydroxylation is 1. The smallest absolute Gasteiger partial charge is 0.194 e. The molecule has 1 aromatic rings. The summed E-state index contributed by atoms with van der Waals surface area (Å²) in [6.07, 6.45) is 0.582. The molecule has 1 heterocycles. The van der Waals surface area contributed by atoms with Crippen molar-refractivity contribution in [2.75, 3.05) is 38.6 Å². The molecule has 5 nitrogen and oxygen atoms in total.